The van der Waals surface area contributed by atoms with Crippen LogP contribution in [0.1, 0.15) is 63.1 Å². The predicted octanol–water partition coefficient (Wildman–Crippen LogP) is 6.70. The van der Waals surface area contributed by atoms with Gasteiger partial charge in [-0.05, 0) is 52.5 Å². The van der Waals surface area contributed by atoms with E-state index in [9.17, 15) is 0 Å². The van der Waals surface area contributed by atoms with Crippen LogP contribution in [-0.4, -0.2) is 0 Å². The molecule has 0 heteroatoms. The molecular weight excluding hydrogens is 288 g/mol. The van der Waals surface area contributed by atoms with E-state index in [1.165, 1.54) is 29.5 Å². The Morgan fingerprint density at radius 1 is 0.875 bits per heavy atom. The molecule has 24 heavy (non-hydrogen) atoms. The molecular formula is C24H28. The van der Waals surface area contributed by atoms with Gasteiger partial charge in [-0.1, -0.05) is 82.3 Å². The summed E-state index contributed by atoms with van der Waals surface area (Å²) < 4.78 is 0. The van der Waals surface area contributed by atoms with E-state index in [2.05, 4.69) is 82.3 Å². The topological polar surface area (TPSA) is 0 Å². The van der Waals surface area contributed by atoms with Crippen molar-refractivity contribution in [3.63, 3.8) is 0 Å². The van der Waals surface area contributed by atoms with Crippen LogP contribution in [0.4, 0.5) is 0 Å². The van der Waals surface area contributed by atoms with Gasteiger partial charge >= 0.3 is 0 Å². The van der Waals surface area contributed by atoms with Crippen molar-refractivity contribution in [2.45, 2.75) is 51.9 Å². The fourth-order valence-corrected chi connectivity index (χ4v) is 5.04. The Kier molecular flexibility index (Phi) is 3.67. The fourth-order valence-electron chi connectivity index (χ4n) is 5.04. The maximum atomic E-state index is 2.55. The lowest BCUT2D eigenvalue weighted by atomic mass is 9.65. The zero-order valence-electron chi connectivity index (χ0n) is 15.3. The van der Waals surface area contributed by atoms with Crippen LogP contribution in [0.25, 0.3) is 11.1 Å². The van der Waals surface area contributed by atoms with Crippen molar-refractivity contribution in [1.29, 1.82) is 0 Å². The van der Waals surface area contributed by atoms with E-state index >= 15 is 0 Å². The van der Waals surface area contributed by atoms with E-state index in [-0.39, 0.29) is 5.41 Å². The van der Waals surface area contributed by atoms with Gasteiger partial charge in [0.1, 0.15) is 0 Å². The first-order chi connectivity index (χ1) is 11.5. The highest BCUT2D eigenvalue weighted by Gasteiger charge is 2.45. The van der Waals surface area contributed by atoms with Gasteiger partial charge in [-0.15, -0.1) is 0 Å². The Hall–Kier alpha value is -1.82. The summed E-state index contributed by atoms with van der Waals surface area (Å²) in [6, 6.07) is 16.1. The molecule has 2 unspecified atom stereocenters. The summed E-state index contributed by atoms with van der Waals surface area (Å²) in [7, 11) is 0. The van der Waals surface area contributed by atoms with Crippen LogP contribution < -0.4 is 0 Å². The molecule has 2 aliphatic carbocycles. The molecule has 124 valence electrons. The molecule has 0 radical (unpaired) electrons. The van der Waals surface area contributed by atoms with Crippen LogP contribution >= 0.6 is 0 Å². The summed E-state index contributed by atoms with van der Waals surface area (Å²) in [5, 5.41) is 0. The molecule has 2 atom stereocenters. The van der Waals surface area contributed by atoms with Crippen molar-refractivity contribution in [3.8, 4) is 11.1 Å². The van der Waals surface area contributed by atoms with Crippen LogP contribution in [0.2, 0.25) is 0 Å². The Morgan fingerprint density at radius 2 is 1.62 bits per heavy atom. The molecule has 0 nitrogen and oxygen atoms in total. The Bertz CT molecular complexity index is 793. The maximum absolute atomic E-state index is 2.55. The number of allylic oxidation sites excluding steroid dienone is 2. The highest BCUT2D eigenvalue weighted by molar-refractivity contribution is 5.84. The van der Waals surface area contributed by atoms with Crippen LogP contribution in [-0.2, 0) is 5.41 Å². The summed E-state index contributed by atoms with van der Waals surface area (Å²) in [5.74, 6) is 1.95. The molecule has 2 aromatic rings. The highest BCUT2D eigenvalue weighted by atomic mass is 14.5. The predicted molar refractivity (Wildman–Crippen MR) is 103 cm³/mol. The molecule has 2 aromatic carbocycles. The third kappa shape index (κ3) is 2.19. The second-order valence-electron chi connectivity index (χ2n) is 8.48. The Morgan fingerprint density at radius 3 is 2.38 bits per heavy atom. The van der Waals surface area contributed by atoms with Crippen LogP contribution in [0.3, 0.4) is 0 Å². The van der Waals surface area contributed by atoms with Crippen LogP contribution in [0, 0.1) is 11.8 Å². The number of hydrogen-bond donors (Lipinski definition) is 0. The second-order valence-corrected chi connectivity index (χ2v) is 8.48. The van der Waals surface area contributed by atoms with Crippen LogP contribution in [0.5, 0.6) is 0 Å². The number of fused-ring (bicyclic) bond motifs is 3. The minimum atomic E-state index is 0.0875. The summed E-state index contributed by atoms with van der Waals surface area (Å²) >= 11 is 0. The van der Waals surface area contributed by atoms with E-state index in [4.69, 9.17) is 0 Å². The van der Waals surface area contributed by atoms with Gasteiger partial charge in [-0.25, -0.2) is 0 Å². The van der Waals surface area contributed by atoms with Crippen molar-refractivity contribution >= 4 is 0 Å². The van der Waals surface area contributed by atoms with Crippen LogP contribution in [0.15, 0.2) is 54.6 Å². The molecule has 0 fully saturated rings. The van der Waals surface area contributed by atoms with Gasteiger partial charge in [0, 0.05) is 11.3 Å². The minimum absolute atomic E-state index is 0.0875. The maximum Gasteiger partial charge on any atom is 0.0399 e. The zero-order chi connectivity index (χ0) is 16.9. The molecule has 0 spiro atoms. The molecule has 0 saturated heterocycles. The van der Waals surface area contributed by atoms with E-state index in [0.717, 1.165) is 5.92 Å². The van der Waals surface area contributed by atoms with Gasteiger partial charge in [0.25, 0.3) is 0 Å². The second kappa shape index (κ2) is 5.62. The van der Waals surface area contributed by atoms with Crippen molar-refractivity contribution in [2.24, 2.45) is 11.8 Å². The molecule has 2 aliphatic rings. The Labute approximate surface area is 146 Å². The molecule has 0 bridgehead atoms. The lowest BCUT2D eigenvalue weighted by Gasteiger charge is -2.37. The lowest BCUT2D eigenvalue weighted by Crippen LogP contribution is -2.29. The van der Waals surface area contributed by atoms with Gasteiger partial charge in [-0.2, -0.15) is 0 Å². The molecule has 0 heterocycles. The minimum Gasteiger partial charge on any atom is -0.0798 e. The quantitative estimate of drug-likeness (QED) is 0.551. The smallest absolute Gasteiger partial charge is 0.0399 e. The van der Waals surface area contributed by atoms with Gasteiger partial charge < -0.3 is 0 Å². The summed E-state index contributed by atoms with van der Waals surface area (Å²) in [6.07, 6.45) is 7.49. The summed E-state index contributed by atoms with van der Waals surface area (Å²) in [4.78, 5) is 0. The third-order valence-electron chi connectivity index (χ3n) is 5.71. The third-order valence-corrected chi connectivity index (χ3v) is 5.71. The standard InChI is InChI=1S/C24H28/c1-16(2)14-18-12-13-24(15-17(3)4)22-11-6-5-8-20(22)21-10-7-9-19(18)23(21)24/h5-13,16-18H,14-15H2,1-4H3. The number of benzene rings is 2. The SMILES string of the molecule is CC(C)CC1C=CC2(CC(C)C)c3ccccc3-c3cccc1c32. The van der Waals surface area contributed by atoms with Crippen molar-refractivity contribution < 1.29 is 0 Å². The fraction of sp³-hybridized carbons (Fsp3) is 0.417. The number of hydrogen-bond acceptors (Lipinski definition) is 0. The molecule has 0 aromatic heterocycles. The van der Waals surface area contributed by atoms with Gasteiger partial charge in [0.05, 0.1) is 0 Å². The number of rotatable bonds is 4. The van der Waals surface area contributed by atoms with Crippen molar-refractivity contribution in [3.05, 3.63) is 71.3 Å². The highest BCUT2D eigenvalue weighted by Crippen LogP contribution is 2.57. The molecule has 4 rings (SSSR count). The zero-order valence-corrected chi connectivity index (χ0v) is 15.3. The largest absolute Gasteiger partial charge is 0.0798 e. The molecule has 0 saturated carbocycles. The van der Waals surface area contributed by atoms with Crippen molar-refractivity contribution in [2.75, 3.05) is 0 Å². The van der Waals surface area contributed by atoms with Crippen molar-refractivity contribution in [1.82, 2.24) is 0 Å². The van der Waals surface area contributed by atoms with E-state index < -0.39 is 0 Å². The average molecular weight is 316 g/mol. The first kappa shape index (κ1) is 15.7. The van der Waals surface area contributed by atoms with Gasteiger partial charge in [-0.3, -0.25) is 0 Å². The Balaban J connectivity index is 1.98. The first-order valence-electron chi connectivity index (χ1n) is 9.45. The first-order valence-corrected chi connectivity index (χ1v) is 9.45. The van der Waals surface area contributed by atoms with E-state index in [1.807, 2.05) is 0 Å². The molecule has 0 aliphatic heterocycles. The van der Waals surface area contributed by atoms with E-state index in [0.29, 0.717) is 11.8 Å². The molecule has 0 N–H and O–H groups in total. The summed E-state index contributed by atoms with van der Waals surface area (Å²) in [5.41, 5.74) is 7.70. The van der Waals surface area contributed by atoms with E-state index in [1.54, 1.807) is 11.1 Å². The molecule has 0 amide bonds. The lowest BCUT2D eigenvalue weighted by molar-refractivity contribution is 0.453. The van der Waals surface area contributed by atoms with Gasteiger partial charge in [0.2, 0.25) is 0 Å². The summed E-state index contributed by atoms with van der Waals surface area (Å²) in [6.45, 7) is 9.38. The monoisotopic (exact) mass is 316 g/mol. The normalized spacial score (nSPS) is 23.7. The van der Waals surface area contributed by atoms with Gasteiger partial charge in [0.15, 0.2) is 0 Å². The average Bonchev–Trinajstić information content (AvgIpc) is 2.82.